The molecule has 2 rings (SSSR count). The Morgan fingerprint density at radius 3 is 2.07 bits per heavy atom. The van der Waals surface area contributed by atoms with E-state index in [1.807, 2.05) is 0 Å². The van der Waals surface area contributed by atoms with E-state index < -0.39 is 16.4 Å². The van der Waals surface area contributed by atoms with Crippen LogP contribution in [0.4, 0.5) is 0 Å². The van der Waals surface area contributed by atoms with Gasteiger partial charge in [-0.2, -0.15) is 9.78 Å². The molecule has 1 aliphatic carbocycles. The Morgan fingerprint density at radius 2 is 1.60 bits per heavy atom. The Balaban J connectivity index is 2.06. The first kappa shape index (κ1) is 11.9. The van der Waals surface area contributed by atoms with Gasteiger partial charge in [0.1, 0.15) is 0 Å². The first-order chi connectivity index (χ1) is 7.06. The molecule has 1 heterocycles. The third-order valence-electron chi connectivity index (χ3n) is 3.01. The highest BCUT2D eigenvalue weighted by molar-refractivity contribution is 6.45. The van der Waals surface area contributed by atoms with Gasteiger partial charge in [-0.25, -0.2) is 0 Å². The average molecular weight is 255 g/mol. The van der Waals surface area contributed by atoms with Gasteiger partial charge in [-0.05, 0) is 19.8 Å². The SMILES string of the molecule is CC1(C(Cl)Cl)OOC2(CCCCCC2)O1. The zero-order valence-electron chi connectivity index (χ0n) is 8.80. The number of halogens is 2. The van der Waals surface area contributed by atoms with Gasteiger partial charge < -0.3 is 4.74 Å². The largest absolute Gasteiger partial charge is 0.310 e. The van der Waals surface area contributed by atoms with Gasteiger partial charge in [-0.1, -0.05) is 36.0 Å². The predicted octanol–water partition coefficient (Wildman–Crippen LogP) is 3.54. The molecule has 0 aromatic rings. The number of ether oxygens (including phenoxy) is 1. The lowest BCUT2D eigenvalue weighted by Gasteiger charge is -2.26. The molecule has 1 unspecified atom stereocenters. The Kier molecular flexibility index (Phi) is 3.48. The molecule has 2 aliphatic rings. The lowest BCUT2D eigenvalue weighted by atomic mass is 10.1. The molecule has 1 aliphatic heterocycles. The van der Waals surface area contributed by atoms with Gasteiger partial charge >= 0.3 is 0 Å². The second kappa shape index (κ2) is 4.38. The first-order valence-electron chi connectivity index (χ1n) is 5.42. The number of hydrogen-bond acceptors (Lipinski definition) is 3. The van der Waals surface area contributed by atoms with E-state index in [4.69, 9.17) is 37.7 Å². The minimum atomic E-state index is -1.03. The highest BCUT2D eigenvalue weighted by Crippen LogP contribution is 2.44. The van der Waals surface area contributed by atoms with Gasteiger partial charge in [-0.3, -0.25) is 0 Å². The van der Waals surface area contributed by atoms with Gasteiger partial charge in [-0.15, -0.1) is 0 Å². The Hall–Kier alpha value is 0.460. The Labute approximate surface area is 99.9 Å². The fourth-order valence-electron chi connectivity index (χ4n) is 2.10. The summed E-state index contributed by atoms with van der Waals surface area (Å²) < 4.78 is 5.81. The number of alkyl halides is 2. The average Bonchev–Trinajstić information content (AvgIpc) is 2.39. The summed E-state index contributed by atoms with van der Waals surface area (Å²) in [7, 11) is 0. The molecule has 0 bridgehead atoms. The van der Waals surface area contributed by atoms with E-state index in [0.717, 1.165) is 25.7 Å². The molecular weight excluding hydrogens is 239 g/mol. The van der Waals surface area contributed by atoms with Crippen molar-refractivity contribution >= 4 is 23.2 Å². The predicted molar refractivity (Wildman–Crippen MR) is 57.6 cm³/mol. The molecule has 1 atom stereocenters. The molecule has 5 heteroatoms. The van der Waals surface area contributed by atoms with Crippen LogP contribution in [0.15, 0.2) is 0 Å². The summed E-state index contributed by atoms with van der Waals surface area (Å²) >= 11 is 11.6. The molecular formula is C10H16Cl2O3. The quantitative estimate of drug-likeness (QED) is 0.530. The van der Waals surface area contributed by atoms with Crippen molar-refractivity contribution in [1.82, 2.24) is 0 Å². The third kappa shape index (κ3) is 2.42. The summed E-state index contributed by atoms with van der Waals surface area (Å²) in [6.07, 6.45) is 6.32. The van der Waals surface area contributed by atoms with Crippen LogP contribution in [0.25, 0.3) is 0 Å². The van der Waals surface area contributed by atoms with Crippen LogP contribution in [-0.4, -0.2) is 16.4 Å². The third-order valence-corrected chi connectivity index (χ3v) is 3.80. The van der Waals surface area contributed by atoms with Crippen LogP contribution in [0.1, 0.15) is 45.4 Å². The van der Waals surface area contributed by atoms with Crippen molar-refractivity contribution in [3.63, 3.8) is 0 Å². The van der Waals surface area contributed by atoms with Crippen molar-refractivity contribution in [1.29, 1.82) is 0 Å². The van der Waals surface area contributed by atoms with E-state index in [1.165, 1.54) is 12.8 Å². The molecule has 15 heavy (non-hydrogen) atoms. The Bertz CT molecular complexity index is 227. The molecule has 2 fully saturated rings. The summed E-state index contributed by atoms with van der Waals surface area (Å²) in [5.41, 5.74) is 0. The molecule has 1 saturated heterocycles. The van der Waals surface area contributed by atoms with E-state index in [9.17, 15) is 0 Å². The van der Waals surface area contributed by atoms with Gasteiger partial charge in [0.25, 0.3) is 0 Å². The second-order valence-corrected chi connectivity index (χ2v) is 5.51. The van der Waals surface area contributed by atoms with Gasteiger partial charge in [0.2, 0.25) is 11.6 Å². The van der Waals surface area contributed by atoms with Crippen LogP contribution in [0.5, 0.6) is 0 Å². The van der Waals surface area contributed by atoms with Crippen molar-refractivity contribution in [3.8, 4) is 0 Å². The summed E-state index contributed by atoms with van der Waals surface area (Å²) in [5, 5.41) is 0. The van der Waals surface area contributed by atoms with Gasteiger partial charge in [0.15, 0.2) is 4.84 Å². The molecule has 0 aromatic carbocycles. The van der Waals surface area contributed by atoms with Gasteiger partial charge in [0.05, 0.1) is 0 Å². The highest BCUT2D eigenvalue weighted by atomic mass is 35.5. The van der Waals surface area contributed by atoms with Crippen molar-refractivity contribution < 1.29 is 14.5 Å². The molecule has 0 aromatic heterocycles. The molecule has 0 radical (unpaired) electrons. The normalized spacial score (nSPS) is 36.0. The Morgan fingerprint density at radius 1 is 1.00 bits per heavy atom. The van der Waals surface area contributed by atoms with Crippen LogP contribution < -0.4 is 0 Å². The summed E-state index contributed by atoms with van der Waals surface area (Å²) in [6.45, 7) is 1.71. The lowest BCUT2D eigenvalue weighted by molar-refractivity contribution is -0.347. The standard InChI is InChI=1S/C10H16Cl2O3/c1-9(8(11)12)13-10(15-14-9)6-4-2-3-5-7-10/h8H,2-7H2,1H3. The fraction of sp³-hybridized carbons (Fsp3) is 1.00. The van der Waals surface area contributed by atoms with Crippen molar-refractivity contribution in [2.75, 3.05) is 0 Å². The van der Waals surface area contributed by atoms with Crippen LogP contribution in [0.2, 0.25) is 0 Å². The maximum atomic E-state index is 5.81. The molecule has 3 nitrogen and oxygen atoms in total. The summed E-state index contributed by atoms with van der Waals surface area (Å²) in [6, 6.07) is 0. The minimum Gasteiger partial charge on any atom is -0.310 e. The highest BCUT2D eigenvalue weighted by Gasteiger charge is 2.53. The van der Waals surface area contributed by atoms with Gasteiger partial charge in [0, 0.05) is 12.8 Å². The zero-order valence-corrected chi connectivity index (χ0v) is 10.3. The van der Waals surface area contributed by atoms with E-state index in [1.54, 1.807) is 6.92 Å². The van der Waals surface area contributed by atoms with Crippen molar-refractivity contribution in [3.05, 3.63) is 0 Å². The second-order valence-electron chi connectivity index (χ2n) is 4.41. The van der Waals surface area contributed by atoms with Crippen molar-refractivity contribution in [2.45, 2.75) is 61.9 Å². The number of rotatable bonds is 1. The maximum absolute atomic E-state index is 5.81. The van der Waals surface area contributed by atoms with Crippen LogP contribution >= 0.6 is 23.2 Å². The molecule has 0 N–H and O–H groups in total. The fourth-order valence-corrected chi connectivity index (χ4v) is 2.26. The lowest BCUT2D eigenvalue weighted by Crippen LogP contribution is -2.38. The monoisotopic (exact) mass is 254 g/mol. The van der Waals surface area contributed by atoms with Crippen LogP contribution in [0.3, 0.4) is 0 Å². The van der Waals surface area contributed by atoms with Crippen LogP contribution in [-0.2, 0) is 14.5 Å². The van der Waals surface area contributed by atoms with E-state index in [2.05, 4.69) is 0 Å². The molecule has 1 spiro atoms. The van der Waals surface area contributed by atoms with E-state index in [0.29, 0.717) is 0 Å². The minimum absolute atomic E-state index is 0.618. The number of hydrogen-bond donors (Lipinski definition) is 0. The molecule has 0 amide bonds. The van der Waals surface area contributed by atoms with Crippen molar-refractivity contribution in [2.24, 2.45) is 0 Å². The first-order valence-corrected chi connectivity index (χ1v) is 6.29. The zero-order chi connectivity index (χ0) is 10.9. The molecule has 88 valence electrons. The summed E-state index contributed by atoms with van der Waals surface area (Å²) in [4.78, 5) is 9.76. The maximum Gasteiger partial charge on any atom is 0.231 e. The molecule has 1 saturated carbocycles. The topological polar surface area (TPSA) is 27.7 Å². The van der Waals surface area contributed by atoms with Crippen LogP contribution in [0, 0.1) is 0 Å². The smallest absolute Gasteiger partial charge is 0.231 e. The van der Waals surface area contributed by atoms with E-state index >= 15 is 0 Å². The van der Waals surface area contributed by atoms with E-state index in [-0.39, 0.29) is 0 Å². The summed E-state index contributed by atoms with van der Waals surface area (Å²) in [5.74, 6) is -1.65.